The maximum Gasteiger partial charge on any atom is 0.319 e. The molecule has 0 radical (unpaired) electrons. The van der Waals surface area contributed by atoms with E-state index in [4.69, 9.17) is 4.74 Å². The van der Waals surface area contributed by atoms with Gasteiger partial charge in [0.2, 0.25) is 0 Å². The van der Waals surface area contributed by atoms with Crippen LogP contribution in [0.4, 0.5) is 10.5 Å². The molecule has 7 heteroatoms. The van der Waals surface area contributed by atoms with Crippen LogP contribution in [0.5, 0.6) is 0 Å². The highest BCUT2D eigenvalue weighted by atomic mass is 16.5. The van der Waals surface area contributed by atoms with Gasteiger partial charge in [-0.2, -0.15) is 0 Å². The zero-order valence-electron chi connectivity index (χ0n) is 17.7. The molecular weight excluding hydrogens is 380 g/mol. The van der Waals surface area contributed by atoms with E-state index < -0.39 is 0 Å². The number of benzene rings is 2. The van der Waals surface area contributed by atoms with E-state index in [1.54, 1.807) is 29.2 Å². The zero-order chi connectivity index (χ0) is 21.3. The van der Waals surface area contributed by atoms with Crippen molar-refractivity contribution in [3.8, 4) is 0 Å². The number of amides is 3. The fraction of sp³-hybridized carbons (Fsp3) is 0.391. The molecule has 1 aliphatic heterocycles. The molecule has 0 saturated carbocycles. The van der Waals surface area contributed by atoms with Crippen LogP contribution in [0.25, 0.3) is 0 Å². The van der Waals surface area contributed by atoms with Crippen molar-refractivity contribution in [3.05, 3.63) is 65.2 Å². The summed E-state index contributed by atoms with van der Waals surface area (Å²) in [6.07, 6.45) is 0. The Kier molecular flexibility index (Phi) is 7.82. The van der Waals surface area contributed by atoms with Crippen LogP contribution in [0, 0.1) is 0 Å². The minimum Gasteiger partial charge on any atom is -0.378 e. The molecule has 160 valence electrons. The minimum absolute atomic E-state index is 0.0452. The van der Waals surface area contributed by atoms with Gasteiger partial charge in [-0.05, 0) is 42.9 Å². The third-order valence-electron chi connectivity index (χ3n) is 5.10. The Morgan fingerprint density at radius 1 is 1.07 bits per heavy atom. The van der Waals surface area contributed by atoms with E-state index in [1.165, 1.54) is 5.56 Å². The molecule has 30 heavy (non-hydrogen) atoms. The van der Waals surface area contributed by atoms with Crippen LogP contribution in [-0.2, 0) is 17.8 Å². The lowest BCUT2D eigenvalue weighted by atomic mass is 10.1. The molecular formula is C23H30N4O3. The van der Waals surface area contributed by atoms with Crippen molar-refractivity contribution in [1.82, 2.24) is 15.1 Å². The summed E-state index contributed by atoms with van der Waals surface area (Å²) >= 11 is 0. The molecule has 0 unspecified atom stereocenters. The Bertz CT molecular complexity index is 865. The van der Waals surface area contributed by atoms with E-state index in [9.17, 15) is 9.59 Å². The highest BCUT2D eigenvalue weighted by Crippen LogP contribution is 2.14. The quantitative estimate of drug-likeness (QED) is 0.736. The predicted molar refractivity (Wildman–Crippen MR) is 117 cm³/mol. The smallest absolute Gasteiger partial charge is 0.319 e. The molecule has 0 spiro atoms. The average molecular weight is 411 g/mol. The average Bonchev–Trinajstić information content (AvgIpc) is 2.78. The second-order valence-corrected chi connectivity index (χ2v) is 7.44. The van der Waals surface area contributed by atoms with Crippen LogP contribution >= 0.6 is 0 Å². The van der Waals surface area contributed by atoms with Gasteiger partial charge in [-0.1, -0.05) is 37.3 Å². The summed E-state index contributed by atoms with van der Waals surface area (Å²) in [4.78, 5) is 28.9. The lowest BCUT2D eigenvalue weighted by Gasteiger charge is -2.27. The Morgan fingerprint density at radius 2 is 1.80 bits per heavy atom. The summed E-state index contributed by atoms with van der Waals surface area (Å²) in [5.41, 5.74) is 3.41. The summed E-state index contributed by atoms with van der Waals surface area (Å²) in [7, 11) is 2.08. The fourth-order valence-electron chi connectivity index (χ4n) is 3.30. The van der Waals surface area contributed by atoms with Gasteiger partial charge in [0, 0.05) is 37.4 Å². The minimum atomic E-state index is -0.304. The van der Waals surface area contributed by atoms with Crippen LogP contribution in [0.1, 0.15) is 28.4 Å². The molecule has 0 bridgehead atoms. The normalized spacial score (nSPS) is 13.9. The highest BCUT2D eigenvalue weighted by molar-refractivity contribution is 5.97. The van der Waals surface area contributed by atoms with Gasteiger partial charge in [-0.3, -0.25) is 4.79 Å². The van der Waals surface area contributed by atoms with Gasteiger partial charge in [0.1, 0.15) is 0 Å². The highest BCUT2D eigenvalue weighted by Gasteiger charge is 2.18. The molecule has 3 amide bonds. The number of carbonyl (C=O) groups excluding carboxylic acids is 2. The van der Waals surface area contributed by atoms with Crippen molar-refractivity contribution in [2.24, 2.45) is 0 Å². The van der Waals surface area contributed by atoms with Gasteiger partial charge < -0.3 is 25.2 Å². The lowest BCUT2D eigenvalue weighted by Crippen LogP contribution is -2.40. The Labute approximate surface area is 178 Å². The largest absolute Gasteiger partial charge is 0.378 e. The monoisotopic (exact) mass is 410 g/mol. The van der Waals surface area contributed by atoms with Crippen molar-refractivity contribution in [3.63, 3.8) is 0 Å². The van der Waals surface area contributed by atoms with Gasteiger partial charge in [-0.25, -0.2) is 4.79 Å². The number of nitrogens with one attached hydrogen (secondary N) is 2. The number of hydrogen-bond donors (Lipinski definition) is 2. The van der Waals surface area contributed by atoms with Crippen molar-refractivity contribution in [2.75, 3.05) is 45.2 Å². The second-order valence-electron chi connectivity index (χ2n) is 7.44. The SMILES string of the molecule is CCN(C)Cc1cccc(CNC(=O)Nc2cccc(C(=O)N3CCOCC3)c2)c1. The van der Waals surface area contributed by atoms with Gasteiger partial charge in [-0.15, -0.1) is 0 Å². The Balaban J connectivity index is 1.54. The van der Waals surface area contributed by atoms with Gasteiger partial charge in [0.25, 0.3) is 5.91 Å². The van der Waals surface area contributed by atoms with Crippen molar-refractivity contribution in [1.29, 1.82) is 0 Å². The van der Waals surface area contributed by atoms with Crippen molar-refractivity contribution in [2.45, 2.75) is 20.0 Å². The maximum absolute atomic E-state index is 12.6. The molecule has 1 fully saturated rings. The zero-order valence-corrected chi connectivity index (χ0v) is 17.7. The van der Waals surface area contributed by atoms with Crippen LogP contribution < -0.4 is 10.6 Å². The number of anilines is 1. The number of morpholine rings is 1. The first-order chi connectivity index (χ1) is 14.5. The van der Waals surface area contributed by atoms with E-state index in [-0.39, 0.29) is 11.9 Å². The first-order valence-corrected chi connectivity index (χ1v) is 10.3. The number of nitrogens with zero attached hydrogens (tertiary/aromatic N) is 2. The molecule has 3 rings (SSSR count). The van der Waals surface area contributed by atoms with E-state index in [2.05, 4.69) is 41.6 Å². The summed E-state index contributed by atoms with van der Waals surface area (Å²) in [5, 5.41) is 5.69. The molecule has 1 heterocycles. The molecule has 2 aromatic rings. The number of carbonyl (C=O) groups is 2. The van der Waals surface area contributed by atoms with Crippen LogP contribution in [0.15, 0.2) is 48.5 Å². The van der Waals surface area contributed by atoms with E-state index in [0.717, 1.165) is 18.7 Å². The van der Waals surface area contributed by atoms with Crippen LogP contribution in [0.3, 0.4) is 0 Å². The Morgan fingerprint density at radius 3 is 2.57 bits per heavy atom. The van der Waals surface area contributed by atoms with E-state index in [0.29, 0.717) is 44.1 Å². The summed E-state index contributed by atoms with van der Waals surface area (Å²) in [6, 6.07) is 14.9. The molecule has 2 N–H and O–H groups in total. The first-order valence-electron chi connectivity index (χ1n) is 10.3. The van der Waals surface area contributed by atoms with Gasteiger partial charge in [0.15, 0.2) is 0 Å². The molecule has 2 aromatic carbocycles. The fourth-order valence-corrected chi connectivity index (χ4v) is 3.30. The van der Waals surface area contributed by atoms with Gasteiger partial charge in [0.05, 0.1) is 13.2 Å². The van der Waals surface area contributed by atoms with Crippen molar-refractivity contribution < 1.29 is 14.3 Å². The third kappa shape index (κ3) is 6.30. The molecule has 0 aliphatic carbocycles. The third-order valence-corrected chi connectivity index (χ3v) is 5.10. The first kappa shape index (κ1) is 21.8. The second kappa shape index (κ2) is 10.8. The predicted octanol–water partition coefficient (Wildman–Crippen LogP) is 2.93. The summed E-state index contributed by atoms with van der Waals surface area (Å²) in [6.45, 7) is 6.71. The molecule has 1 aliphatic rings. The van der Waals surface area contributed by atoms with Crippen LogP contribution in [-0.4, -0.2) is 61.6 Å². The number of urea groups is 1. The molecule has 0 atom stereocenters. The van der Waals surface area contributed by atoms with E-state index >= 15 is 0 Å². The van der Waals surface area contributed by atoms with Gasteiger partial charge >= 0.3 is 6.03 Å². The van der Waals surface area contributed by atoms with E-state index in [1.807, 2.05) is 12.1 Å². The number of hydrogen-bond acceptors (Lipinski definition) is 4. The number of ether oxygens (including phenoxy) is 1. The Hall–Kier alpha value is -2.90. The summed E-state index contributed by atoms with van der Waals surface area (Å²) in [5.74, 6) is -0.0452. The van der Waals surface area contributed by atoms with Crippen molar-refractivity contribution >= 4 is 17.6 Å². The topological polar surface area (TPSA) is 73.9 Å². The van der Waals surface area contributed by atoms with Crippen LogP contribution in [0.2, 0.25) is 0 Å². The summed E-state index contributed by atoms with van der Waals surface area (Å²) < 4.78 is 5.30. The lowest BCUT2D eigenvalue weighted by molar-refractivity contribution is 0.0303. The molecule has 1 saturated heterocycles. The number of rotatable bonds is 7. The molecule has 0 aromatic heterocycles. The maximum atomic E-state index is 12.6. The molecule has 7 nitrogen and oxygen atoms in total. The standard InChI is InChI=1S/C23H30N4O3/c1-3-26(2)17-19-7-4-6-18(14-19)16-24-23(29)25-21-9-5-8-20(15-21)22(28)27-10-12-30-13-11-27/h4-9,14-15H,3,10-13,16-17H2,1-2H3,(H2,24,25,29).